The molecule has 0 bridgehead atoms. The Morgan fingerprint density at radius 2 is 2.07 bits per heavy atom. The number of aromatic nitrogens is 2. The van der Waals surface area contributed by atoms with Crippen molar-refractivity contribution in [1.82, 2.24) is 10.1 Å². The van der Waals surface area contributed by atoms with Gasteiger partial charge in [-0.1, -0.05) is 32.9 Å². The Balaban J connectivity index is 2.41. The Kier molecular flexibility index (Phi) is 3.13. The SMILES string of the molecule is Cc1noc(NCC(C)C(C)(C)C)n1. The average molecular weight is 197 g/mol. The second kappa shape index (κ2) is 3.98. The van der Waals surface area contributed by atoms with Gasteiger partial charge >= 0.3 is 6.01 Å². The normalized spacial score (nSPS) is 14.1. The van der Waals surface area contributed by atoms with Gasteiger partial charge in [-0.3, -0.25) is 0 Å². The van der Waals surface area contributed by atoms with E-state index in [4.69, 9.17) is 4.52 Å². The van der Waals surface area contributed by atoms with Gasteiger partial charge in [0.2, 0.25) is 0 Å². The number of anilines is 1. The van der Waals surface area contributed by atoms with Crippen molar-refractivity contribution in [3.8, 4) is 0 Å². The molecule has 0 fully saturated rings. The highest BCUT2D eigenvalue weighted by Gasteiger charge is 2.20. The van der Waals surface area contributed by atoms with Crippen LogP contribution in [0.5, 0.6) is 0 Å². The second-order valence-electron chi connectivity index (χ2n) is 4.79. The molecule has 0 saturated heterocycles. The number of rotatable bonds is 3. The second-order valence-corrected chi connectivity index (χ2v) is 4.79. The summed E-state index contributed by atoms with van der Waals surface area (Å²) in [6.07, 6.45) is 0. The number of aryl methyl sites for hydroxylation is 1. The van der Waals surface area contributed by atoms with Crippen LogP contribution < -0.4 is 5.32 Å². The quantitative estimate of drug-likeness (QED) is 0.808. The summed E-state index contributed by atoms with van der Waals surface area (Å²) in [5.41, 5.74) is 0.294. The van der Waals surface area contributed by atoms with Gasteiger partial charge in [-0.25, -0.2) is 0 Å². The van der Waals surface area contributed by atoms with Crippen molar-refractivity contribution < 1.29 is 4.52 Å². The van der Waals surface area contributed by atoms with Gasteiger partial charge in [0.25, 0.3) is 0 Å². The minimum atomic E-state index is 0.294. The molecule has 1 heterocycles. The first-order valence-corrected chi connectivity index (χ1v) is 4.94. The van der Waals surface area contributed by atoms with E-state index in [1.54, 1.807) is 0 Å². The summed E-state index contributed by atoms with van der Waals surface area (Å²) >= 11 is 0. The molecule has 1 aromatic heterocycles. The summed E-state index contributed by atoms with van der Waals surface area (Å²) in [4.78, 5) is 4.08. The van der Waals surface area contributed by atoms with Crippen LogP contribution in [0.25, 0.3) is 0 Å². The molecule has 4 heteroatoms. The molecule has 1 rings (SSSR count). The lowest BCUT2D eigenvalue weighted by Crippen LogP contribution is -2.24. The Morgan fingerprint density at radius 3 is 2.50 bits per heavy atom. The first-order valence-electron chi connectivity index (χ1n) is 4.94. The van der Waals surface area contributed by atoms with Gasteiger partial charge in [-0.05, 0) is 18.3 Å². The molecule has 0 aliphatic heterocycles. The van der Waals surface area contributed by atoms with Crippen molar-refractivity contribution in [2.24, 2.45) is 11.3 Å². The Bertz CT molecular complexity index is 288. The van der Waals surface area contributed by atoms with Gasteiger partial charge < -0.3 is 9.84 Å². The molecule has 14 heavy (non-hydrogen) atoms. The lowest BCUT2D eigenvalue weighted by molar-refractivity contribution is 0.272. The third-order valence-corrected chi connectivity index (χ3v) is 2.57. The van der Waals surface area contributed by atoms with E-state index in [1.165, 1.54) is 0 Å². The van der Waals surface area contributed by atoms with Crippen LogP contribution in [0.3, 0.4) is 0 Å². The van der Waals surface area contributed by atoms with E-state index in [0.717, 1.165) is 6.54 Å². The molecule has 0 saturated carbocycles. The van der Waals surface area contributed by atoms with Crippen LogP contribution >= 0.6 is 0 Å². The summed E-state index contributed by atoms with van der Waals surface area (Å²) < 4.78 is 4.96. The van der Waals surface area contributed by atoms with E-state index in [0.29, 0.717) is 23.2 Å². The molecule has 0 aliphatic rings. The van der Waals surface area contributed by atoms with Crippen LogP contribution in [-0.2, 0) is 0 Å². The van der Waals surface area contributed by atoms with Crippen LogP contribution in [0, 0.1) is 18.3 Å². The maximum atomic E-state index is 4.96. The van der Waals surface area contributed by atoms with Crippen LogP contribution in [0.1, 0.15) is 33.5 Å². The standard InChI is InChI=1S/C10H19N3O/c1-7(10(3,4)5)6-11-9-12-8(2)13-14-9/h7H,6H2,1-5H3,(H,11,12,13). The molecule has 1 aromatic rings. The summed E-state index contributed by atoms with van der Waals surface area (Å²) in [5, 5.41) is 6.84. The average Bonchev–Trinajstić information content (AvgIpc) is 2.45. The molecule has 0 amide bonds. The van der Waals surface area contributed by atoms with E-state index in [-0.39, 0.29) is 0 Å². The predicted octanol–water partition coefficient (Wildman–Crippen LogP) is 2.47. The molecule has 0 aromatic carbocycles. The van der Waals surface area contributed by atoms with Crippen LogP contribution in [0.15, 0.2) is 4.52 Å². The van der Waals surface area contributed by atoms with Crippen LogP contribution in [0.2, 0.25) is 0 Å². The summed E-state index contributed by atoms with van der Waals surface area (Å²) in [5.74, 6) is 1.21. The van der Waals surface area contributed by atoms with Crippen molar-refractivity contribution in [3.05, 3.63) is 5.82 Å². The van der Waals surface area contributed by atoms with E-state index >= 15 is 0 Å². The van der Waals surface area contributed by atoms with Crippen LogP contribution in [-0.4, -0.2) is 16.7 Å². The first-order chi connectivity index (χ1) is 6.39. The monoisotopic (exact) mass is 197 g/mol. The lowest BCUT2D eigenvalue weighted by atomic mass is 9.82. The highest BCUT2D eigenvalue weighted by molar-refractivity contribution is 5.17. The predicted molar refractivity (Wildman–Crippen MR) is 56.1 cm³/mol. The number of nitrogens with zero attached hydrogens (tertiary/aromatic N) is 2. The Morgan fingerprint density at radius 1 is 1.43 bits per heavy atom. The zero-order chi connectivity index (χ0) is 10.8. The van der Waals surface area contributed by atoms with Gasteiger partial charge in [0, 0.05) is 6.54 Å². The maximum absolute atomic E-state index is 4.96. The summed E-state index contributed by atoms with van der Waals surface area (Å²) in [7, 11) is 0. The fourth-order valence-electron chi connectivity index (χ4n) is 0.915. The van der Waals surface area contributed by atoms with Gasteiger partial charge in [0.05, 0.1) is 0 Å². The first kappa shape index (κ1) is 11.0. The Hall–Kier alpha value is -1.06. The number of hydrogen-bond acceptors (Lipinski definition) is 4. The number of nitrogens with one attached hydrogen (secondary N) is 1. The fraction of sp³-hybridized carbons (Fsp3) is 0.800. The van der Waals surface area contributed by atoms with Crippen molar-refractivity contribution >= 4 is 6.01 Å². The molecular formula is C10H19N3O. The smallest absolute Gasteiger partial charge is 0.321 e. The zero-order valence-corrected chi connectivity index (χ0v) is 9.59. The maximum Gasteiger partial charge on any atom is 0.321 e. The zero-order valence-electron chi connectivity index (χ0n) is 9.59. The van der Waals surface area contributed by atoms with Gasteiger partial charge in [0.15, 0.2) is 5.82 Å². The summed E-state index contributed by atoms with van der Waals surface area (Å²) in [6, 6.07) is 0.513. The molecule has 1 atom stereocenters. The van der Waals surface area contributed by atoms with E-state index in [9.17, 15) is 0 Å². The summed E-state index contributed by atoms with van der Waals surface area (Å²) in [6.45, 7) is 11.5. The molecule has 0 spiro atoms. The largest absolute Gasteiger partial charge is 0.337 e. The van der Waals surface area contributed by atoms with Crippen molar-refractivity contribution in [2.45, 2.75) is 34.6 Å². The van der Waals surface area contributed by atoms with E-state index in [2.05, 4.69) is 43.2 Å². The van der Waals surface area contributed by atoms with Crippen molar-refractivity contribution in [1.29, 1.82) is 0 Å². The molecule has 0 radical (unpaired) electrons. The molecule has 0 aliphatic carbocycles. The molecule has 1 N–H and O–H groups in total. The molecule has 1 unspecified atom stereocenters. The van der Waals surface area contributed by atoms with Crippen molar-refractivity contribution in [3.63, 3.8) is 0 Å². The Labute approximate surface area is 85.1 Å². The number of hydrogen-bond donors (Lipinski definition) is 1. The van der Waals surface area contributed by atoms with Gasteiger partial charge in [0.1, 0.15) is 0 Å². The third-order valence-electron chi connectivity index (χ3n) is 2.57. The fourth-order valence-corrected chi connectivity index (χ4v) is 0.915. The highest BCUT2D eigenvalue weighted by Crippen LogP contribution is 2.25. The molecule has 80 valence electrons. The van der Waals surface area contributed by atoms with Crippen LogP contribution in [0.4, 0.5) is 6.01 Å². The minimum absolute atomic E-state index is 0.294. The van der Waals surface area contributed by atoms with Gasteiger partial charge in [-0.15, -0.1) is 0 Å². The van der Waals surface area contributed by atoms with Gasteiger partial charge in [-0.2, -0.15) is 4.98 Å². The molecule has 4 nitrogen and oxygen atoms in total. The van der Waals surface area contributed by atoms with Crippen molar-refractivity contribution in [2.75, 3.05) is 11.9 Å². The minimum Gasteiger partial charge on any atom is -0.337 e. The highest BCUT2D eigenvalue weighted by atomic mass is 16.5. The van der Waals surface area contributed by atoms with E-state index in [1.807, 2.05) is 6.92 Å². The lowest BCUT2D eigenvalue weighted by Gasteiger charge is -2.26. The third kappa shape index (κ3) is 3.01. The van der Waals surface area contributed by atoms with E-state index < -0.39 is 0 Å². The topological polar surface area (TPSA) is 51.0 Å². The molecular weight excluding hydrogens is 178 g/mol.